The topological polar surface area (TPSA) is 46.0 Å². The van der Waals surface area contributed by atoms with Gasteiger partial charge in [0.25, 0.3) is 0 Å². The van der Waals surface area contributed by atoms with Crippen molar-refractivity contribution in [2.45, 2.75) is 64.9 Å². The molecule has 4 heteroatoms. The Bertz CT molecular complexity index is 378. The van der Waals surface area contributed by atoms with Gasteiger partial charge in [0.1, 0.15) is 0 Å². The molecule has 1 aromatic rings. The van der Waals surface area contributed by atoms with Crippen LogP contribution in [0.3, 0.4) is 0 Å². The Balaban J connectivity index is 2.18. The lowest BCUT2D eigenvalue weighted by molar-refractivity contribution is 0.0468. The summed E-state index contributed by atoms with van der Waals surface area (Å²) < 4.78 is 4.04. The maximum Gasteiger partial charge on any atom is 0.0947 e. The van der Waals surface area contributed by atoms with Gasteiger partial charge in [-0.1, -0.05) is 50.9 Å². The molecule has 1 N–H and O–H groups in total. The van der Waals surface area contributed by atoms with Gasteiger partial charge in [-0.2, -0.15) is 0 Å². The van der Waals surface area contributed by atoms with Crippen molar-refractivity contribution in [3.63, 3.8) is 0 Å². The minimum atomic E-state index is -0.354. The highest BCUT2D eigenvalue weighted by Crippen LogP contribution is 2.42. The van der Waals surface area contributed by atoms with Crippen LogP contribution in [-0.2, 0) is 0 Å². The summed E-state index contributed by atoms with van der Waals surface area (Å²) in [5, 5.41) is 14.9. The highest BCUT2D eigenvalue weighted by atomic mass is 32.1. The minimum Gasteiger partial charge on any atom is -0.387 e. The molecule has 18 heavy (non-hydrogen) atoms. The summed E-state index contributed by atoms with van der Waals surface area (Å²) in [5.74, 6) is 1.41. The van der Waals surface area contributed by atoms with E-state index in [4.69, 9.17) is 0 Å². The molecule has 0 spiro atoms. The highest BCUT2D eigenvalue weighted by molar-refractivity contribution is 7.05. The second kappa shape index (κ2) is 6.11. The molecule has 0 bridgehead atoms. The third kappa shape index (κ3) is 2.75. The second-order valence-corrected chi connectivity index (χ2v) is 6.52. The molecule has 1 aromatic heterocycles. The van der Waals surface area contributed by atoms with Gasteiger partial charge in [0.05, 0.1) is 16.7 Å². The summed E-state index contributed by atoms with van der Waals surface area (Å²) in [6.07, 6.45) is 5.80. The van der Waals surface area contributed by atoms with Crippen LogP contribution in [0.15, 0.2) is 0 Å². The number of hydrogen-bond acceptors (Lipinski definition) is 4. The zero-order chi connectivity index (χ0) is 13.1. The average Bonchev–Trinajstić information content (AvgIpc) is 2.87. The fourth-order valence-electron chi connectivity index (χ4n) is 3.16. The molecular formula is C14H24N2OS. The molecule has 0 radical (unpaired) electrons. The summed E-state index contributed by atoms with van der Waals surface area (Å²) in [4.78, 5) is 1.01. The number of aliphatic hydroxyl groups excluding tert-OH is 1. The van der Waals surface area contributed by atoms with Crippen LogP contribution >= 0.6 is 11.5 Å². The molecule has 0 amide bonds. The Kier molecular flexibility index (Phi) is 4.73. The number of nitrogens with zero attached hydrogens (tertiary/aromatic N) is 2. The summed E-state index contributed by atoms with van der Waals surface area (Å²) >= 11 is 1.38. The molecule has 1 heterocycles. The van der Waals surface area contributed by atoms with Gasteiger partial charge in [-0.3, -0.25) is 0 Å². The molecule has 102 valence electrons. The third-order valence-corrected chi connectivity index (χ3v) is 5.06. The SMILES string of the molecule is CCC1CCCCC1C(O)c1snnc1C(C)C. The van der Waals surface area contributed by atoms with Crippen molar-refractivity contribution in [2.75, 3.05) is 0 Å². The van der Waals surface area contributed by atoms with Crippen LogP contribution in [0.2, 0.25) is 0 Å². The molecule has 3 unspecified atom stereocenters. The molecule has 0 aliphatic heterocycles. The van der Waals surface area contributed by atoms with E-state index in [-0.39, 0.29) is 6.10 Å². The fourth-order valence-corrected chi connectivity index (χ4v) is 4.03. The predicted octanol–water partition coefficient (Wildman–Crippen LogP) is 3.91. The first-order chi connectivity index (χ1) is 8.65. The number of aromatic nitrogens is 2. The van der Waals surface area contributed by atoms with Gasteiger partial charge in [-0.25, -0.2) is 0 Å². The van der Waals surface area contributed by atoms with E-state index in [1.54, 1.807) is 0 Å². The van der Waals surface area contributed by atoms with Crippen LogP contribution < -0.4 is 0 Å². The molecule has 1 aliphatic carbocycles. The Labute approximate surface area is 114 Å². The Morgan fingerprint density at radius 2 is 2.06 bits per heavy atom. The number of hydrogen-bond donors (Lipinski definition) is 1. The van der Waals surface area contributed by atoms with Gasteiger partial charge in [-0.05, 0) is 35.7 Å². The van der Waals surface area contributed by atoms with Crippen molar-refractivity contribution in [1.82, 2.24) is 9.59 Å². The summed E-state index contributed by atoms with van der Waals surface area (Å²) in [7, 11) is 0. The van der Waals surface area contributed by atoms with Crippen LogP contribution in [0.1, 0.15) is 75.5 Å². The van der Waals surface area contributed by atoms with Crippen LogP contribution in [-0.4, -0.2) is 14.7 Å². The summed E-state index contributed by atoms with van der Waals surface area (Å²) in [6.45, 7) is 6.47. The van der Waals surface area contributed by atoms with E-state index in [1.165, 1.54) is 37.2 Å². The molecule has 0 aromatic carbocycles. The van der Waals surface area contributed by atoms with Crippen LogP contribution in [0.25, 0.3) is 0 Å². The maximum atomic E-state index is 10.7. The molecule has 0 saturated heterocycles. The lowest BCUT2D eigenvalue weighted by Gasteiger charge is -2.34. The number of aliphatic hydroxyl groups is 1. The van der Waals surface area contributed by atoms with Crippen LogP contribution in [0, 0.1) is 11.8 Å². The Morgan fingerprint density at radius 1 is 1.33 bits per heavy atom. The van der Waals surface area contributed by atoms with Crippen LogP contribution in [0.4, 0.5) is 0 Å². The van der Waals surface area contributed by atoms with E-state index in [0.717, 1.165) is 17.0 Å². The lowest BCUT2D eigenvalue weighted by atomic mass is 9.74. The van der Waals surface area contributed by atoms with Crippen molar-refractivity contribution >= 4 is 11.5 Å². The lowest BCUT2D eigenvalue weighted by Crippen LogP contribution is -2.25. The van der Waals surface area contributed by atoms with E-state index >= 15 is 0 Å². The van der Waals surface area contributed by atoms with Gasteiger partial charge in [0.15, 0.2) is 0 Å². The Morgan fingerprint density at radius 3 is 2.72 bits per heavy atom. The smallest absolute Gasteiger partial charge is 0.0947 e. The zero-order valence-corrected chi connectivity index (χ0v) is 12.4. The van der Waals surface area contributed by atoms with Crippen molar-refractivity contribution in [2.24, 2.45) is 11.8 Å². The normalized spacial score (nSPS) is 26.5. The second-order valence-electron chi connectivity index (χ2n) is 5.74. The third-order valence-electron chi connectivity index (χ3n) is 4.25. The standard InChI is InChI=1S/C14H24N2OS/c1-4-10-7-5-6-8-11(10)13(17)14-12(9(2)3)15-16-18-14/h9-11,13,17H,4-8H2,1-3H3. The van der Waals surface area contributed by atoms with Gasteiger partial charge < -0.3 is 5.11 Å². The molecule has 3 atom stereocenters. The summed E-state index contributed by atoms with van der Waals surface area (Å²) in [6, 6.07) is 0. The van der Waals surface area contributed by atoms with Gasteiger partial charge in [-0.15, -0.1) is 5.10 Å². The van der Waals surface area contributed by atoms with Crippen LogP contribution in [0.5, 0.6) is 0 Å². The van der Waals surface area contributed by atoms with Crippen molar-refractivity contribution in [3.8, 4) is 0 Å². The molecule has 2 rings (SSSR count). The van der Waals surface area contributed by atoms with E-state index < -0.39 is 0 Å². The van der Waals surface area contributed by atoms with Gasteiger partial charge in [0.2, 0.25) is 0 Å². The van der Waals surface area contributed by atoms with Gasteiger partial charge >= 0.3 is 0 Å². The predicted molar refractivity (Wildman–Crippen MR) is 74.7 cm³/mol. The first kappa shape index (κ1) is 13.9. The van der Waals surface area contributed by atoms with E-state index in [0.29, 0.717) is 17.8 Å². The minimum absolute atomic E-state index is 0.345. The monoisotopic (exact) mass is 268 g/mol. The van der Waals surface area contributed by atoms with Crippen molar-refractivity contribution < 1.29 is 5.11 Å². The summed E-state index contributed by atoms with van der Waals surface area (Å²) in [5.41, 5.74) is 0.993. The van der Waals surface area contributed by atoms with E-state index in [2.05, 4.69) is 30.4 Å². The first-order valence-electron chi connectivity index (χ1n) is 7.15. The molecular weight excluding hydrogens is 244 g/mol. The van der Waals surface area contributed by atoms with Crippen molar-refractivity contribution in [3.05, 3.63) is 10.6 Å². The Hall–Kier alpha value is -0.480. The first-order valence-corrected chi connectivity index (χ1v) is 7.92. The molecule has 1 saturated carbocycles. The fraction of sp³-hybridized carbons (Fsp3) is 0.857. The number of rotatable bonds is 4. The maximum absolute atomic E-state index is 10.7. The van der Waals surface area contributed by atoms with Crippen molar-refractivity contribution in [1.29, 1.82) is 0 Å². The molecule has 3 nitrogen and oxygen atoms in total. The quantitative estimate of drug-likeness (QED) is 0.900. The largest absolute Gasteiger partial charge is 0.387 e. The van der Waals surface area contributed by atoms with E-state index in [9.17, 15) is 5.11 Å². The molecule has 1 aliphatic rings. The van der Waals surface area contributed by atoms with E-state index in [1.807, 2.05) is 0 Å². The zero-order valence-electron chi connectivity index (χ0n) is 11.6. The van der Waals surface area contributed by atoms with Gasteiger partial charge in [0, 0.05) is 0 Å². The molecule has 1 fully saturated rings. The average molecular weight is 268 g/mol. The highest BCUT2D eigenvalue weighted by Gasteiger charge is 2.33.